The molecule has 0 aliphatic carbocycles. The van der Waals surface area contributed by atoms with Gasteiger partial charge in [-0.05, 0) is 41.6 Å². The highest BCUT2D eigenvalue weighted by Gasteiger charge is 2.23. The molecule has 0 unspecified atom stereocenters. The number of hydrogen-bond acceptors (Lipinski definition) is 6. The molecule has 0 amide bonds. The molecule has 0 aliphatic heterocycles. The van der Waals surface area contributed by atoms with Crippen molar-refractivity contribution in [3.05, 3.63) is 27.6 Å². The summed E-state index contributed by atoms with van der Waals surface area (Å²) in [6.07, 6.45) is 1.63. The second-order valence-corrected chi connectivity index (χ2v) is 8.58. The highest BCUT2D eigenvalue weighted by Crippen LogP contribution is 2.28. The van der Waals surface area contributed by atoms with Gasteiger partial charge in [-0.2, -0.15) is 5.10 Å². The first-order chi connectivity index (χ1) is 10.8. The van der Waals surface area contributed by atoms with Crippen LogP contribution in [-0.2, 0) is 16.9 Å². The normalized spacial score (nSPS) is 12.0. The number of imidazole rings is 1. The third-order valence-electron chi connectivity index (χ3n) is 3.49. The minimum absolute atomic E-state index is 0.00459. The number of pyridine rings is 1. The average Bonchev–Trinajstić information content (AvgIpc) is 2.83. The van der Waals surface area contributed by atoms with Gasteiger partial charge in [0.25, 0.3) is 0 Å². The van der Waals surface area contributed by atoms with E-state index < -0.39 is 9.84 Å². The maximum Gasteiger partial charge on any atom is 0.182 e. The molecule has 3 rings (SSSR count). The van der Waals surface area contributed by atoms with Gasteiger partial charge in [0.2, 0.25) is 0 Å². The minimum atomic E-state index is -3.42. The molecule has 0 atom stereocenters. The fourth-order valence-electron chi connectivity index (χ4n) is 2.27. The van der Waals surface area contributed by atoms with E-state index in [4.69, 9.17) is 0 Å². The first-order valence-electron chi connectivity index (χ1n) is 6.89. The Morgan fingerprint density at radius 2 is 2.00 bits per heavy atom. The standard InChI is InChI=1S/C14H14IN5O2S/c1-4-23(21,22)11-6-9(15)7-16-12(11)14-17-10-5-8(2)18-19-13(10)20(14)3/h5-7H,4H2,1-3H3. The summed E-state index contributed by atoms with van der Waals surface area (Å²) in [5, 5.41) is 8.15. The van der Waals surface area contributed by atoms with Crippen molar-refractivity contribution in [3.8, 4) is 11.5 Å². The van der Waals surface area contributed by atoms with E-state index in [9.17, 15) is 8.42 Å². The molecule has 3 aromatic rings. The lowest BCUT2D eigenvalue weighted by molar-refractivity contribution is 0.597. The maximum atomic E-state index is 12.4. The number of nitrogens with zero attached hydrogens (tertiary/aromatic N) is 5. The van der Waals surface area contributed by atoms with Gasteiger partial charge >= 0.3 is 0 Å². The molecule has 0 bridgehead atoms. The summed E-state index contributed by atoms with van der Waals surface area (Å²) < 4.78 is 27.3. The molecular weight excluding hydrogens is 429 g/mol. The van der Waals surface area contributed by atoms with Crippen molar-refractivity contribution in [3.63, 3.8) is 0 Å². The quantitative estimate of drug-likeness (QED) is 0.577. The number of aryl methyl sites for hydroxylation is 2. The third kappa shape index (κ3) is 2.82. The van der Waals surface area contributed by atoms with Crippen molar-refractivity contribution >= 4 is 43.6 Å². The average molecular weight is 443 g/mol. The smallest absolute Gasteiger partial charge is 0.182 e. The zero-order valence-corrected chi connectivity index (χ0v) is 15.8. The molecule has 0 fully saturated rings. The van der Waals surface area contributed by atoms with E-state index in [1.54, 1.807) is 30.8 Å². The Morgan fingerprint density at radius 1 is 1.26 bits per heavy atom. The molecule has 0 radical (unpaired) electrons. The topological polar surface area (TPSA) is 90.6 Å². The molecule has 9 heteroatoms. The highest BCUT2D eigenvalue weighted by molar-refractivity contribution is 14.1. The summed E-state index contributed by atoms with van der Waals surface area (Å²) in [4.78, 5) is 9.03. The molecule has 0 spiro atoms. The molecule has 7 nitrogen and oxygen atoms in total. The Hall–Kier alpha value is -1.62. The number of halogens is 1. The summed E-state index contributed by atoms with van der Waals surface area (Å²) in [6, 6.07) is 3.44. The minimum Gasteiger partial charge on any atom is -0.309 e. The summed E-state index contributed by atoms with van der Waals surface area (Å²) in [7, 11) is -1.64. The predicted octanol–water partition coefficient (Wildman–Crippen LogP) is 2.13. The van der Waals surface area contributed by atoms with Gasteiger partial charge in [0, 0.05) is 16.8 Å². The van der Waals surface area contributed by atoms with Crippen LogP contribution < -0.4 is 0 Å². The molecule has 120 valence electrons. The SMILES string of the molecule is CCS(=O)(=O)c1cc(I)cnc1-c1nc2cc(C)nnc2n1C. The lowest BCUT2D eigenvalue weighted by Gasteiger charge is -2.09. The monoisotopic (exact) mass is 443 g/mol. The molecule has 0 aliphatic rings. The van der Waals surface area contributed by atoms with E-state index in [1.165, 1.54) is 0 Å². The number of hydrogen-bond donors (Lipinski definition) is 0. The van der Waals surface area contributed by atoms with E-state index in [0.29, 0.717) is 22.7 Å². The van der Waals surface area contributed by atoms with Crippen molar-refractivity contribution in [2.75, 3.05) is 5.75 Å². The molecule has 3 heterocycles. The van der Waals surface area contributed by atoms with Gasteiger partial charge in [0.05, 0.1) is 16.3 Å². The van der Waals surface area contributed by atoms with Crippen molar-refractivity contribution in [1.29, 1.82) is 0 Å². The Labute approximate surface area is 147 Å². The zero-order chi connectivity index (χ0) is 16.8. The third-order valence-corrected chi connectivity index (χ3v) is 5.82. The van der Waals surface area contributed by atoms with Gasteiger partial charge in [-0.25, -0.2) is 13.4 Å². The van der Waals surface area contributed by atoms with Gasteiger partial charge in [-0.1, -0.05) is 6.92 Å². The molecule has 23 heavy (non-hydrogen) atoms. The summed E-state index contributed by atoms with van der Waals surface area (Å²) in [5.41, 5.74) is 2.34. The second-order valence-electron chi connectivity index (χ2n) is 5.09. The van der Waals surface area contributed by atoms with Crippen LogP contribution in [0.3, 0.4) is 0 Å². The number of sulfone groups is 1. The summed E-state index contributed by atoms with van der Waals surface area (Å²) >= 11 is 2.05. The van der Waals surface area contributed by atoms with E-state index in [2.05, 4.69) is 20.2 Å². The molecular formula is C14H14IN5O2S. The van der Waals surface area contributed by atoms with Crippen LogP contribution in [-0.4, -0.2) is 38.9 Å². The van der Waals surface area contributed by atoms with Gasteiger partial charge in [0.1, 0.15) is 11.2 Å². The van der Waals surface area contributed by atoms with Gasteiger partial charge in [-0.3, -0.25) is 4.98 Å². The molecule has 0 saturated carbocycles. The van der Waals surface area contributed by atoms with Crippen molar-refractivity contribution in [2.45, 2.75) is 18.7 Å². The van der Waals surface area contributed by atoms with E-state index in [0.717, 1.165) is 9.26 Å². The molecule has 3 aromatic heterocycles. The fraction of sp³-hybridized carbons (Fsp3) is 0.286. The van der Waals surface area contributed by atoms with Crippen LogP contribution in [0.5, 0.6) is 0 Å². The first kappa shape index (κ1) is 16.2. The maximum absolute atomic E-state index is 12.4. The van der Waals surface area contributed by atoms with Crippen molar-refractivity contribution in [1.82, 2.24) is 24.7 Å². The lowest BCUT2D eigenvalue weighted by atomic mass is 10.3. The van der Waals surface area contributed by atoms with E-state index in [1.807, 2.05) is 35.6 Å². The number of rotatable bonds is 3. The Kier molecular flexibility index (Phi) is 4.08. The summed E-state index contributed by atoms with van der Waals surface area (Å²) in [5.74, 6) is 0.466. The Bertz CT molecular complexity index is 1010. The first-order valence-corrected chi connectivity index (χ1v) is 9.62. The van der Waals surface area contributed by atoms with Crippen LogP contribution in [0.2, 0.25) is 0 Å². The van der Waals surface area contributed by atoms with Crippen LogP contribution >= 0.6 is 22.6 Å². The molecule has 0 N–H and O–H groups in total. The second kappa shape index (κ2) is 5.78. The van der Waals surface area contributed by atoms with Crippen LogP contribution in [0, 0.1) is 10.5 Å². The van der Waals surface area contributed by atoms with E-state index in [-0.39, 0.29) is 10.6 Å². The summed E-state index contributed by atoms with van der Waals surface area (Å²) in [6.45, 7) is 3.44. The highest BCUT2D eigenvalue weighted by atomic mass is 127. The van der Waals surface area contributed by atoms with E-state index >= 15 is 0 Å². The van der Waals surface area contributed by atoms with Crippen LogP contribution in [0.25, 0.3) is 22.7 Å². The van der Waals surface area contributed by atoms with Crippen molar-refractivity contribution in [2.24, 2.45) is 7.05 Å². The van der Waals surface area contributed by atoms with Crippen LogP contribution in [0.15, 0.2) is 23.2 Å². The molecule has 0 saturated heterocycles. The van der Waals surface area contributed by atoms with Crippen molar-refractivity contribution < 1.29 is 8.42 Å². The van der Waals surface area contributed by atoms with Crippen LogP contribution in [0.1, 0.15) is 12.6 Å². The lowest BCUT2D eigenvalue weighted by Crippen LogP contribution is -2.09. The Morgan fingerprint density at radius 3 is 2.70 bits per heavy atom. The Balaban J connectivity index is 2.34. The zero-order valence-electron chi connectivity index (χ0n) is 12.8. The van der Waals surface area contributed by atoms with Gasteiger partial charge in [-0.15, -0.1) is 5.10 Å². The van der Waals surface area contributed by atoms with Crippen LogP contribution in [0.4, 0.5) is 0 Å². The number of aromatic nitrogens is 5. The predicted molar refractivity (Wildman–Crippen MR) is 94.7 cm³/mol. The van der Waals surface area contributed by atoms with Gasteiger partial charge in [0.15, 0.2) is 21.3 Å². The van der Waals surface area contributed by atoms with Gasteiger partial charge < -0.3 is 4.57 Å². The number of fused-ring (bicyclic) bond motifs is 1. The molecule has 0 aromatic carbocycles. The fourth-order valence-corrected chi connectivity index (χ4v) is 3.99. The largest absolute Gasteiger partial charge is 0.309 e.